The number of nitrogens with zero attached hydrogens (tertiary/aromatic N) is 1. The normalized spacial score (nSPS) is 10.2. The molecule has 0 fully saturated rings. The molecule has 0 aromatic heterocycles. The molecule has 4 heteroatoms. The van der Waals surface area contributed by atoms with Crippen LogP contribution in [-0.2, 0) is 5.75 Å². The summed E-state index contributed by atoms with van der Waals surface area (Å²) in [6, 6.07) is 13.5. The molecular formula is C15H13ClN2S. The molecule has 2 aromatic rings. The lowest BCUT2D eigenvalue weighted by atomic mass is 10.2. The van der Waals surface area contributed by atoms with Crippen LogP contribution >= 0.6 is 23.4 Å². The van der Waals surface area contributed by atoms with Crippen molar-refractivity contribution in [1.29, 1.82) is 5.26 Å². The first-order valence-corrected chi connectivity index (χ1v) is 7.14. The second-order valence-corrected chi connectivity index (χ2v) is 5.68. The van der Waals surface area contributed by atoms with E-state index in [1.165, 1.54) is 0 Å². The highest BCUT2D eigenvalue weighted by Gasteiger charge is 2.04. The Balaban J connectivity index is 2.10. The second kappa shape index (κ2) is 6.01. The molecule has 2 N–H and O–H groups in total. The standard InChI is InChI=1S/C15H13ClN2S/c1-10-6-13(4-5-15(10)18)19-9-12-3-2-11(8-17)7-14(12)16/h2-7H,9,18H2,1H3. The van der Waals surface area contributed by atoms with Crippen molar-refractivity contribution in [1.82, 2.24) is 0 Å². The molecule has 0 amide bonds. The fraction of sp³-hybridized carbons (Fsp3) is 0.133. The molecule has 0 aliphatic rings. The van der Waals surface area contributed by atoms with E-state index in [9.17, 15) is 0 Å². The van der Waals surface area contributed by atoms with Crippen LogP contribution in [0.15, 0.2) is 41.3 Å². The van der Waals surface area contributed by atoms with Gasteiger partial charge in [0.1, 0.15) is 0 Å². The van der Waals surface area contributed by atoms with E-state index in [-0.39, 0.29) is 0 Å². The Labute approximate surface area is 122 Å². The molecule has 0 atom stereocenters. The number of aryl methyl sites for hydroxylation is 1. The number of halogens is 1. The van der Waals surface area contributed by atoms with Gasteiger partial charge < -0.3 is 5.73 Å². The molecule has 0 aliphatic carbocycles. The highest BCUT2D eigenvalue weighted by molar-refractivity contribution is 7.98. The molecule has 2 nitrogen and oxygen atoms in total. The number of rotatable bonds is 3. The molecule has 2 rings (SSSR count). The summed E-state index contributed by atoms with van der Waals surface area (Å²) in [4.78, 5) is 1.16. The first-order chi connectivity index (χ1) is 9.10. The van der Waals surface area contributed by atoms with Crippen molar-refractivity contribution in [2.75, 3.05) is 5.73 Å². The van der Waals surface area contributed by atoms with Gasteiger partial charge in [0.25, 0.3) is 0 Å². The lowest BCUT2D eigenvalue weighted by Gasteiger charge is -2.07. The third-order valence-electron chi connectivity index (χ3n) is 2.82. The van der Waals surface area contributed by atoms with E-state index < -0.39 is 0 Å². The highest BCUT2D eigenvalue weighted by atomic mass is 35.5. The number of thioether (sulfide) groups is 1. The van der Waals surface area contributed by atoms with Gasteiger partial charge in [0, 0.05) is 21.4 Å². The predicted molar refractivity (Wildman–Crippen MR) is 81.3 cm³/mol. The third kappa shape index (κ3) is 3.44. The van der Waals surface area contributed by atoms with Gasteiger partial charge in [-0.15, -0.1) is 11.8 Å². The third-order valence-corrected chi connectivity index (χ3v) is 4.21. The molecule has 0 heterocycles. The minimum Gasteiger partial charge on any atom is -0.399 e. The van der Waals surface area contributed by atoms with Crippen molar-refractivity contribution < 1.29 is 0 Å². The number of anilines is 1. The minimum absolute atomic E-state index is 0.585. The average Bonchev–Trinajstić information content (AvgIpc) is 2.41. The minimum atomic E-state index is 0.585. The van der Waals surface area contributed by atoms with Crippen LogP contribution in [0.1, 0.15) is 16.7 Å². The van der Waals surface area contributed by atoms with Crippen LogP contribution in [-0.4, -0.2) is 0 Å². The van der Waals surface area contributed by atoms with Crippen molar-refractivity contribution >= 4 is 29.1 Å². The number of nitriles is 1. The Morgan fingerprint density at radius 1 is 1.26 bits per heavy atom. The Morgan fingerprint density at radius 2 is 2.05 bits per heavy atom. The van der Waals surface area contributed by atoms with Crippen LogP contribution in [0.4, 0.5) is 5.69 Å². The maximum Gasteiger partial charge on any atom is 0.0992 e. The summed E-state index contributed by atoms with van der Waals surface area (Å²) < 4.78 is 0. The smallest absolute Gasteiger partial charge is 0.0992 e. The zero-order valence-corrected chi connectivity index (χ0v) is 12.1. The molecule has 0 saturated carbocycles. The maximum atomic E-state index is 8.79. The molecule has 0 unspecified atom stereocenters. The van der Waals surface area contributed by atoms with E-state index in [0.29, 0.717) is 10.6 Å². The van der Waals surface area contributed by atoms with E-state index in [0.717, 1.165) is 27.5 Å². The van der Waals surface area contributed by atoms with Crippen molar-refractivity contribution in [2.24, 2.45) is 0 Å². The molecule has 0 aliphatic heterocycles. The molecule has 96 valence electrons. The largest absolute Gasteiger partial charge is 0.399 e. The predicted octanol–water partition coefficient (Wildman–Crippen LogP) is 4.39. The lowest BCUT2D eigenvalue weighted by Crippen LogP contribution is -1.89. The topological polar surface area (TPSA) is 49.8 Å². The summed E-state index contributed by atoms with van der Waals surface area (Å²) in [7, 11) is 0. The van der Waals surface area contributed by atoms with Crippen LogP contribution in [0.5, 0.6) is 0 Å². The van der Waals surface area contributed by atoms with E-state index in [4.69, 9.17) is 22.6 Å². The van der Waals surface area contributed by atoms with Gasteiger partial charge in [-0.3, -0.25) is 0 Å². The molecular weight excluding hydrogens is 276 g/mol. The monoisotopic (exact) mass is 288 g/mol. The summed E-state index contributed by atoms with van der Waals surface area (Å²) in [6.07, 6.45) is 0. The first-order valence-electron chi connectivity index (χ1n) is 5.77. The Kier molecular flexibility index (Phi) is 4.36. The summed E-state index contributed by atoms with van der Waals surface area (Å²) in [6.45, 7) is 1.99. The van der Waals surface area contributed by atoms with Gasteiger partial charge in [0.15, 0.2) is 0 Å². The van der Waals surface area contributed by atoms with E-state index in [1.54, 1.807) is 23.9 Å². The fourth-order valence-electron chi connectivity index (χ4n) is 1.63. The highest BCUT2D eigenvalue weighted by Crippen LogP contribution is 2.29. The number of nitrogen functional groups attached to an aromatic ring is 1. The summed E-state index contributed by atoms with van der Waals surface area (Å²) in [5.41, 5.74) is 9.29. The SMILES string of the molecule is Cc1cc(SCc2ccc(C#N)cc2Cl)ccc1N. The van der Waals surface area contributed by atoms with Crippen LogP contribution in [0.2, 0.25) is 5.02 Å². The van der Waals surface area contributed by atoms with Crippen molar-refractivity contribution in [3.63, 3.8) is 0 Å². The van der Waals surface area contributed by atoms with Crippen LogP contribution in [0, 0.1) is 18.3 Å². The van der Waals surface area contributed by atoms with Crippen LogP contribution < -0.4 is 5.73 Å². The number of benzene rings is 2. The molecule has 19 heavy (non-hydrogen) atoms. The zero-order valence-electron chi connectivity index (χ0n) is 10.5. The molecule has 0 radical (unpaired) electrons. The van der Waals surface area contributed by atoms with Gasteiger partial charge in [0.05, 0.1) is 11.6 Å². The van der Waals surface area contributed by atoms with Crippen molar-refractivity contribution in [3.8, 4) is 6.07 Å². The van der Waals surface area contributed by atoms with Gasteiger partial charge in [-0.2, -0.15) is 5.26 Å². The van der Waals surface area contributed by atoms with E-state index in [1.807, 2.05) is 25.1 Å². The molecule has 0 spiro atoms. The van der Waals surface area contributed by atoms with Gasteiger partial charge in [-0.25, -0.2) is 0 Å². The van der Waals surface area contributed by atoms with E-state index in [2.05, 4.69) is 12.1 Å². The lowest BCUT2D eigenvalue weighted by molar-refractivity contribution is 1.34. The van der Waals surface area contributed by atoms with Crippen molar-refractivity contribution in [3.05, 3.63) is 58.1 Å². The number of hydrogen-bond acceptors (Lipinski definition) is 3. The Bertz CT molecular complexity index is 647. The summed E-state index contributed by atoms with van der Waals surface area (Å²) in [5.74, 6) is 0.772. The van der Waals surface area contributed by atoms with Gasteiger partial charge >= 0.3 is 0 Å². The Morgan fingerprint density at radius 3 is 2.68 bits per heavy atom. The number of hydrogen-bond donors (Lipinski definition) is 1. The molecule has 2 aromatic carbocycles. The fourth-order valence-corrected chi connectivity index (χ4v) is 2.96. The second-order valence-electron chi connectivity index (χ2n) is 4.23. The van der Waals surface area contributed by atoms with Crippen molar-refractivity contribution in [2.45, 2.75) is 17.6 Å². The molecule has 0 bridgehead atoms. The van der Waals surface area contributed by atoms with Crippen LogP contribution in [0.3, 0.4) is 0 Å². The van der Waals surface area contributed by atoms with Gasteiger partial charge in [-0.05, 0) is 48.4 Å². The van der Waals surface area contributed by atoms with E-state index >= 15 is 0 Å². The Hall–Kier alpha value is -1.63. The molecule has 0 saturated heterocycles. The average molecular weight is 289 g/mol. The zero-order chi connectivity index (χ0) is 13.8. The van der Waals surface area contributed by atoms with Gasteiger partial charge in [-0.1, -0.05) is 17.7 Å². The maximum absolute atomic E-state index is 8.79. The number of nitrogens with two attached hydrogens (primary N) is 1. The quantitative estimate of drug-likeness (QED) is 0.673. The van der Waals surface area contributed by atoms with Gasteiger partial charge in [0.2, 0.25) is 0 Å². The summed E-state index contributed by atoms with van der Waals surface area (Å²) >= 11 is 7.85. The summed E-state index contributed by atoms with van der Waals surface area (Å²) in [5, 5.41) is 9.43. The van der Waals surface area contributed by atoms with Crippen LogP contribution in [0.25, 0.3) is 0 Å². The first kappa shape index (κ1) is 13.8.